The van der Waals surface area contributed by atoms with Crippen LogP contribution >= 0.6 is 0 Å². The average molecular weight is 397 g/mol. The molecule has 0 saturated heterocycles. The van der Waals surface area contributed by atoms with Crippen molar-refractivity contribution < 1.29 is 5.11 Å². The first kappa shape index (κ1) is 22.6. The van der Waals surface area contributed by atoms with Crippen molar-refractivity contribution in [1.29, 1.82) is 0 Å². The zero-order valence-corrected chi connectivity index (χ0v) is 19.6. The van der Waals surface area contributed by atoms with Gasteiger partial charge in [-0.15, -0.1) is 0 Å². The van der Waals surface area contributed by atoms with Crippen molar-refractivity contribution >= 4 is 0 Å². The highest BCUT2D eigenvalue weighted by molar-refractivity contribution is 5.36. The first-order valence-corrected chi connectivity index (χ1v) is 12.2. The first-order chi connectivity index (χ1) is 13.7. The number of hydrogen-bond acceptors (Lipinski definition) is 1. The first-order valence-electron chi connectivity index (χ1n) is 12.2. The van der Waals surface area contributed by atoms with Crippen LogP contribution in [0.3, 0.4) is 0 Å². The Hall–Kier alpha value is -1.08. The SMILES string of the molecule is C=C1CC[C@H](O)C/C1=C\C=C1\CCC[C@]2(C)[C@@H]([C@H](C)C=C[C@H](C)C(C)C)CC[C@@H]12. The van der Waals surface area contributed by atoms with Gasteiger partial charge in [0, 0.05) is 0 Å². The second kappa shape index (κ2) is 9.38. The van der Waals surface area contributed by atoms with Crippen LogP contribution in [-0.2, 0) is 0 Å². The van der Waals surface area contributed by atoms with E-state index in [0.29, 0.717) is 17.3 Å². The summed E-state index contributed by atoms with van der Waals surface area (Å²) in [6.45, 7) is 16.3. The molecule has 3 rings (SSSR count). The highest BCUT2D eigenvalue weighted by Gasteiger charge is 2.50. The van der Waals surface area contributed by atoms with Crippen molar-refractivity contribution in [3.8, 4) is 0 Å². The number of fused-ring (bicyclic) bond motifs is 1. The summed E-state index contributed by atoms with van der Waals surface area (Å²) >= 11 is 0. The Labute approximate surface area is 180 Å². The Morgan fingerprint density at radius 1 is 1.03 bits per heavy atom. The Kier molecular flexibility index (Phi) is 7.31. The molecule has 1 heteroatoms. The largest absolute Gasteiger partial charge is 0.393 e. The van der Waals surface area contributed by atoms with Crippen LogP contribution in [0.4, 0.5) is 0 Å². The van der Waals surface area contributed by atoms with E-state index >= 15 is 0 Å². The molecule has 0 heterocycles. The number of aliphatic hydroxyl groups is 1. The third-order valence-electron chi connectivity index (χ3n) is 8.63. The second-order valence-electron chi connectivity index (χ2n) is 10.9. The van der Waals surface area contributed by atoms with E-state index in [1.807, 2.05) is 0 Å². The van der Waals surface area contributed by atoms with E-state index < -0.39 is 0 Å². The molecule has 0 unspecified atom stereocenters. The van der Waals surface area contributed by atoms with Crippen molar-refractivity contribution in [2.45, 2.75) is 92.1 Å². The second-order valence-corrected chi connectivity index (χ2v) is 10.9. The smallest absolute Gasteiger partial charge is 0.0583 e. The maximum Gasteiger partial charge on any atom is 0.0583 e. The van der Waals surface area contributed by atoms with E-state index in [0.717, 1.165) is 37.0 Å². The lowest BCUT2D eigenvalue weighted by molar-refractivity contribution is 0.112. The van der Waals surface area contributed by atoms with Crippen LogP contribution in [-0.4, -0.2) is 11.2 Å². The van der Waals surface area contributed by atoms with Gasteiger partial charge in [0.2, 0.25) is 0 Å². The van der Waals surface area contributed by atoms with Crippen LogP contribution in [0.15, 0.2) is 47.6 Å². The predicted molar refractivity (Wildman–Crippen MR) is 126 cm³/mol. The summed E-state index contributed by atoms with van der Waals surface area (Å²) in [5.41, 5.74) is 4.61. The number of rotatable bonds is 5. The summed E-state index contributed by atoms with van der Waals surface area (Å²) in [5.74, 6) is 3.58. The van der Waals surface area contributed by atoms with Gasteiger partial charge in [-0.05, 0) is 91.9 Å². The van der Waals surface area contributed by atoms with Crippen molar-refractivity contribution in [2.75, 3.05) is 0 Å². The molecule has 0 amide bonds. The van der Waals surface area contributed by atoms with E-state index in [9.17, 15) is 5.11 Å². The van der Waals surface area contributed by atoms with Gasteiger partial charge in [-0.25, -0.2) is 0 Å². The van der Waals surface area contributed by atoms with Gasteiger partial charge >= 0.3 is 0 Å². The molecule has 3 aliphatic carbocycles. The lowest BCUT2D eigenvalue weighted by atomic mass is 9.61. The zero-order valence-electron chi connectivity index (χ0n) is 19.6. The van der Waals surface area contributed by atoms with Gasteiger partial charge in [-0.3, -0.25) is 0 Å². The van der Waals surface area contributed by atoms with Crippen LogP contribution in [0.2, 0.25) is 0 Å². The molecule has 0 aromatic rings. The maximum absolute atomic E-state index is 10.0. The molecular weight excluding hydrogens is 352 g/mol. The number of hydrogen-bond donors (Lipinski definition) is 1. The normalized spacial score (nSPS) is 38.2. The third kappa shape index (κ3) is 4.98. The molecule has 3 aliphatic rings. The van der Waals surface area contributed by atoms with Crippen LogP contribution in [0.1, 0.15) is 86.0 Å². The minimum absolute atomic E-state index is 0.182. The Morgan fingerprint density at radius 2 is 1.79 bits per heavy atom. The quantitative estimate of drug-likeness (QED) is 0.473. The van der Waals surface area contributed by atoms with E-state index in [2.05, 4.69) is 65.5 Å². The van der Waals surface area contributed by atoms with Gasteiger partial charge in [-0.2, -0.15) is 0 Å². The van der Waals surface area contributed by atoms with Crippen molar-refractivity contribution in [2.24, 2.45) is 35.0 Å². The van der Waals surface area contributed by atoms with Crippen molar-refractivity contribution in [3.63, 3.8) is 0 Å². The Bertz CT molecular complexity index is 678. The molecule has 3 saturated carbocycles. The summed E-state index contributed by atoms with van der Waals surface area (Å²) in [6, 6.07) is 0. The monoisotopic (exact) mass is 396 g/mol. The van der Waals surface area contributed by atoms with Gasteiger partial charge in [0.15, 0.2) is 0 Å². The Balaban J connectivity index is 1.75. The molecule has 0 spiro atoms. The van der Waals surface area contributed by atoms with E-state index in [-0.39, 0.29) is 6.10 Å². The summed E-state index contributed by atoms with van der Waals surface area (Å²) in [7, 11) is 0. The molecule has 0 radical (unpaired) electrons. The molecule has 162 valence electrons. The summed E-state index contributed by atoms with van der Waals surface area (Å²) in [6.07, 6.45) is 18.8. The molecule has 1 nitrogen and oxygen atoms in total. The fourth-order valence-corrected chi connectivity index (χ4v) is 6.25. The molecule has 0 aromatic heterocycles. The van der Waals surface area contributed by atoms with Gasteiger partial charge in [0.25, 0.3) is 0 Å². The third-order valence-corrected chi connectivity index (χ3v) is 8.63. The van der Waals surface area contributed by atoms with Crippen molar-refractivity contribution in [3.05, 3.63) is 47.6 Å². The maximum atomic E-state index is 10.0. The fraction of sp³-hybridized carbons (Fsp3) is 0.714. The molecule has 6 atom stereocenters. The molecular formula is C28H44O. The van der Waals surface area contributed by atoms with Gasteiger partial charge in [0.05, 0.1) is 6.10 Å². The van der Waals surface area contributed by atoms with E-state index in [4.69, 9.17) is 0 Å². The van der Waals surface area contributed by atoms with Crippen LogP contribution in [0.5, 0.6) is 0 Å². The van der Waals surface area contributed by atoms with Crippen LogP contribution in [0.25, 0.3) is 0 Å². The molecule has 0 bridgehead atoms. The highest BCUT2D eigenvalue weighted by atomic mass is 16.3. The average Bonchev–Trinajstić information content (AvgIpc) is 3.04. The molecule has 1 N–H and O–H groups in total. The topological polar surface area (TPSA) is 20.2 Å². The van der Waals surface area contributed by atoms with E-state index in [1.54, 1.807) is 5.57 Å². The standard InChI is InChI=1S/C28H44O/c1-19(2)20(3)9-10-22(5)26-15-16-27-23(8-7-17-28(26,27)6)12-13-24-18-25(29)14-11-21(24)4/h9-10,12-13,19-20,22,25-27,29H,4,7-8,11,14-18H2,1-3,5-6H3/b10-9?,23-12-,24-13+/t20-,22+,25-,26+,27-,28+/m0/s1. The van der Waals surface area contributed by atoms with Crippen LogP contribution < -0.4 is 0 Å². The molecule has 0 aliphatic heterocycles. The molecule has 3 fully saturated rings. The molecule has 0 aromatic carbocycles. The Morgan fingerprint density at radius 3 is 2.52 bits per heavy atom. The van der Waals surface area contributed by atoms with E-state index in [1.165, 1.54) is 43.3 Å². The lowest BCUT2D eigenvalue weighted by Crippen LogP contribution is -2.35. The molecule has 29 heavy (non-hydrogen) atoms. The minimum atomic E-state index is -0.182. The van der Waals surface area contributed by atoms with Gasteiger partial charge < -0.3 is 5.11 Å². The van der Waals surface area contributed by atoms with Gasteiger partial charge in [-0.1, -0.05) is 76.6 Å². The summed E-state index contributed by atoms with van der Waals surface area (Å²) in [4.78, 5) is 0. The van der Waals surface area contributed by atoms with Crippen molar-refractivity contribution in [1.82, 2.24) is 0 Å². The number of allylic oxidation sites excluding steroid dienone is 6. The fourth-order valence-electron chi connectivity index (χ4n) is 6.25. The van der Waals surface area contributed by atoms with Crippen LogP contribution in [0, 0.1) is 35.0 Å². The van der Waals surface area contributed by atoms with Gasteiger partial charge in [0.1, 0.15) is 0 Å². The summed E-state index contributed by atoms with van der Waals surface area (Å²) < 4.78 is 0. The summed E-state index contributed by atoms with van der Waals surface area (Å²) in [5, 5.41) is 10.0. The lowest BCUT2D eigenvalue weighted by Gasteiger charge is -2.44. The highest BCUT2D eigenvalue weighted by Crippen LogP contribution is 2.59. The minimum Gasteiger partial charge on any atom is -0.393 e. The zero-order chi connectivity index (χ0) is 21.2. The predicted octanol–water partition coefficient (Wildman–Crippen LogP) is 7.64. The number of aliphatic hydroxyl groups excluding tert-OH is 1.